The van der Waals surface area contributed by atoms with Crippen LogP contribution in [0.5, 0.6) is 5.75 Å². The monoisotopic (exact) mass is 383 g/mol. The molecule has 1 aromatic heterocycles. The van der Waals surface area contributed by atoms with Crippen LogP contribution in [0, 0.1) is 0 Å². The molecule has 0 fully saturated rings. The van der Waals surface area contributed by atoms with Gasteiger partial charge in [-0.1, -0.05) is 37.7 Å². The van der Waals surface area contributed by atoms with Crippen molar-refractivity contribution in [3.05, 3.63) is 54.1 Å². The Labute approximate surface area is 161 Å². The van der Waals surface area contributed by atoms with E-state index in [4.69, 9.17) is 0 Å². The van der Waals surface area contributed by atoms with E-state index >= 15 is 0 Å². The number of rotatable bonds is 7. The molecule has 1 unspecified atom stereocenters. The minimum Gasteiger partial charge on any atom is -0.508 e. The van der Waals surface area contributed by atoms with Gasteiger partial charge in [-0.05, 0) is 64.7 Å². The highest BCUT2D eigenvalue weighted by Gasteiger charge is 2.12. The fraction of sp³-hybridized carbons (Fsp3) is 0.263. The lowest BCUT2D eigenvalue weighted by Gasteiger charge is -2.10. The van der Waals surface area contributed by atoms with E-state index in [0.717, 1.165) is 12.1 Å². The molecule has 140 valence electrons. The van der Waals surface area contributed by atoms with Crippen molar-refractivity contribution in [3.8, 4) is 11.4 Å². The Bertz CT molecular complexity index is 893. The molecule has 0 spiro atoms. The smallest absolute Gasteiger partial charge is 0.234 e. The number of thioether (sulfide) groups is 1. The summed E-state index contributed by atoms with van der Waals surface area (Å²) < 4.78 is 1.53. The molecule has 8 heteroatoms. The van der Waals surface area contributed by atoms with E-state index in [9.17, 15) is 9.90 Å². The van der Waals surface area contributed by atoms with Crippen molar-refractivity contribution >= 4 is 23.4 Å². The highest BCUT2D eigenvalue weighted by molar-refractivity contribution is 7.99. The molecule has 0 radical (unpaired) electrons. The van der Waals surface area contributed by atoms with Crippen molar-refractivity contribution in [2.24, 2.45) is 0 Å². The van der Waals surface area contributed by atoms with Gasteiger partial charge in [0.05, 0.1) is 11.4 Å². The second kappa shape index (κ2) is 8.68. The molecule has 1 atom stereocenters. The lowest BCUT2D eigenvalue weighted by atomic mass is 9.99. The number of benzene rings is 2. The quantitative estimate of drug-likeness (QED) is 0.606. The summed E-state index contributed by atoms with van der Waals surface area (Å²) in [6.07, 6.45) is 1.08. The number of hydrogen-bond donors (Lipinski definition) is 2. The maximum Gasteiger partial charge on any atom is 0.234 e. The zero-order valence-electron chi connectivity index (χ0n) is 15.2. The van der Waals surface area contributed by atoms with Crippen LogP contribution in [-0.4, -0.2) is 37.0 Å². The molecule has 2 aromatic carbocycles. The number of hydrogen-bond acceptors (Lipinski definition) is 6. The average molecular weight is 383 g/mol. The molecule has 27 heavy (non-hydrogen) atoms. The third-order valence-corrected chi connectivity index (χ3v) is 5.16. The van der Waals surface area contributed by atoms with Crippen LogP contribution in [-0.2, 0) is 4.79 Å². The van der Waals surface area contributed by atoms with Gasteiger partial charge >= 0.3 is 0 Å². The summed E-state index contributed by atoms with van der Waals surface area (Å²) in [6.45, 7) is 4.34. The van der Waals surface area contributed by atoms with Crippen LogP contribution in [0.15, 0.2) is 53.7 Å². The number of aromatic nitrogens is 4. The van der Waals surface area contributed by atoms with Crippen LogP contribution >= 0.6 is 11.8 Å². The maximum absolute atomic E-state index is 12.2. The van der Waals surface area contributed by atoms with Crippen LogP contribution in [0.4, 0.5) is 5.69 Å². The average Bonchev–Trinajstić information content (AvgIpc) is 3.15. The summed E-state index contributed by atoms with van der Waals surface area (Å²) in [7, 11) is 0. The summed E-state index contributed by atoms with van der Waals surface area (Å²) in [6, 6.07) is 14.4. The first-order valence-corrected chi connectivity index (χ1v) is 9.65. The Kier molecular flexibility index (Phi) is 6.08. The van der Waals surface area contributed by atoms with E-state index in [1.165, 1.54) is 22.0 Å². The van der Waals surface area contributed by atoms with Gasteiger partial charge in [-0.2, -0.15) is 4.68 Å². The second-order valence-corrected chi connectivity index (χ2v) is 7.10. The number of nitrogens with one attached hydrogen (secondary N) is 1. The van der Waals surface area contributed by atoms with E-state index < -0.39 is 0 Å². The van der Waals surface area contributed by atoms with E-state index in [-0.39, 0.29) is 17.4 Å². The molecule has 3 aromatic rings. The highest BCUT2D eigenvalue weighted by atomic mass is 32.2. The van der Waals surface area contributed by atoms with Gasteiger partial charge in [0.1, 0.15) is 5.75 Å². The van der Waals surface area contributed by atoms with Gasteiger partial charge in [0.15, 0.2) is 0 Å². The van der Waals surface area contributed by atoms with Crippen LogP contribution in [0.25, 0.3) is 5.69 Å². The predicted octanol–water partition coefficient (Wildman–Crippen LogP) is 3.61. The zero-order chi connectivity index (χ0) is 19.2. The minimum atomic E-state index is -0.128. The summed E-state index contributed by atoms with van der Waals surface area (Å²) in [5.41, 5.74) is 2.74. The Morgan fingerprint density at radius 2 is 1.89 bits per heavy atom. The van der Waals surface area contributed by atoms with Crippen molar-refractivity contribution in [2.75, 3.05) is 11.1 Å². The van der Waals surface area contributed by atoms with Crippen molar-refractivity contribution in [3.63, 3.8) is 0 Å². The third-order valence-electron chi connectivity index (χ3n) is 4.24. The standard InChI is InChI=1S/C19H21N5O2S/c1-3-13(2)14-4-6-15(7-5-14)20-18(26)12-27-19-21-22-23-24(19)16-8-10-17(25)11-9-16/h4-11,13,25H,3,12H2,1-2H3,(H,20,26). The SMILES string of the molecule is CCC(C)c1ccc(NC(=O)CSc2nnnn2-c2ccc(O)cc2)cc1. The number of amides is 1. The lowest BCUT2D eigenvalue weighted by molar-refractivity contribution is -0.113. The molecule has 0 saturated heterocycles. The Hall–Kier alpha value is -2.87. The largest absolute Gasteiger partial charge is 0.508 e. The number of aromatic hydroxyl groups is 1. The van der Waals surface area contributed by atoms with Crippen molar-refractivity contribution in [1.29, 1.82) is 0 Å². The van der Waals surface area contributed by atoms with E-state index in [0.29, 0.717) is 16.8 Å². The number of tetrazole rings is 1. The van der Waals surface area contributed by atoms with Gasteiger partial charge < -0.3 is 10.4 Å². The molecule has 0 bridgehead atoms. The summed E-state index contributed by atoms with van der Waals surface area (Å²) in [4.78, 5) is 12.2. The van der Waals surface area contributed by atoms with E-state index in [2.05, 4.69) is 34.7 Å². The predicted molar refractivity (Wildman–Crippen MR) is 105 cm³/mol. The van der Waals surface area contributed by atoms with Gasteiger partial charge in [0, 0.05) is 5.69 Å². The molecular weight excluding hydrogens is 362 g/mol. The molecule has 1 heterocycles. The molecule has 0 saturated carbocycles. The molecule has 0 aliphatic rings. The minimum absolute atomic E-state index is 0.128. The van der Waals surface area contributed by atoms with Crippen molar-refractivity contribution in [1.82, 2.24) is 20.2 Å². The van der Waals surface area contributed by atoms with Crippen LogP contribution in [0.1, 0.15) is 31.7 Å². The molecule has 0 aliphatic heterocycles. The summed E-state index contributed by atoms with van der Waals surface area (Å²) in [5.74, 6) is 0.728. The Balaban J connectivity index is 1.58. The van der Waals surface area contributed by atoms with Crippen molar-refractivity contribution in [2.45, 2.75) is 31.3 Å². The lowest BCUT2D eigenvalue weighted by Crippen LogP contribution is -2.14. The fourth-order valence-electron chi connectivity index (χ4n) is 2.48. The van der Waals surface area contributed by atoms with Gasteiger partial charge in [-0.25, -0.2) is 0 Å². The van der Waals surface area contributed by atoms with Gasteiger partial charge in [-0.3, -0.25) is 4.79 Å². The maximum atomic E-state index is 12.2. The van der Waals surface area contributed by atoms with E-state index in [1.54, 1.807) is 24.3 Å². The second-order valence-electron chi connectivity index (χ2n) is 6.16. The summed E-state index contributed by atoms with van der Waals surface area (Å²) >= 11 is 1.24. The first-order chi connectivity index (χ1) is 13.1. The number of nitrogens with zero attached hydrogens (tertiary/aromatic N) is 4. The fourth-order valence-corrected chi connectivity index (χ4v) is 3.17. The Morgan fingerprint density at radius 3 is 2.56 bits per heavy atom. The zero-order valence-corrected chi connectivity index (χ0v) is 16.0. The first-order valence-electron chi connectivity index (χ1n) is 8.67. The molecular formula is C19H21N5O2S. The Morgan fingerprint density at radius 1 is 1.19 bits per heavy atom. The number of carbonyl (C=O) groups is 1. The normalized spacial score (nSPS) is 11.9. The molecule has 1 amide bonds. The number of anilines is 1. The molecule has 7 nitrogen and oxygen atoms in total. The molecule has 0 aliphatic carbocycles. The van der Waals surface area contributed by atoms with Crippen LogP contribution in [0.2, 0.25) is 0 Å². The van der Waals surface area contributed by atoms with Gasteiger partial charge in [0.2, 0.25) is 11.1 Å². The van der Waals surface area contributed by atoms with Crippen LogP contribution in [0.3, 0.4) is 0 Å². The number of phenols is 1. The third kappa shape index (κ3) is 4.85. The van der Waals surface area contributed by atoms with Crippen molar-refractivity contribution < 1.29 is 9.90 Å². The highest BCUT2D eigenvalue weighted by Crippen LogP contribution is 2.22. The van der Waals surface area contributed by atoms with Crippen LogP contribution < -0.4 is 5.32 Å². The first kappa shape index (κ1) is 18.9. The van der Waals surface area contributed by atoms with E-state index in [1.807, 2.05) is 24.3 Å². The van der Waals surface area contributed by atoms with Gasteiger partial charge in [-0.15, -0.1) is 5.10 Å². The topological polar surface area (TPSA) is 92.9 Å². The van der Waals surface area contributed by atoms with Gasteiger partial charge in [0.25, 0.3) is 0 Å². The number of phenolic OH excluding ortho intramolecular Hbond substituents is 1. The molecule has 3 rings (SSSR count). The molecule has 2 N–H and O–H groups in total. The number of carbonyl (C=O) groups excluding carboxylic acids is 1. The summed E-state index contributed by atoms with van der Waals surface area (Å²) in [5, 5.41) is 24.3.